The smallest absolute Gasteiger partial charge is 0.381 e. The van der Waals surface area contributed by atoms with Gasteiger partial charge in [-0.25, -0.2) is 18.0 Å². The lowest BCUT2D eigenvalue weighted by Gasteiger charge is -2.21. The monoisotopic (exact) mass is 323 g/mol. The molecule has 0 aliphatic carbocycles. The zero-order valence-electron chi connectivity index (χ0n) is 9.48. The summed E-state index contributed by atoms with van der Waals surface area (Å²) in [6.45, 7) is -1.35. The van der Waals surface area contributed by atoms with Gasteiger partial charge in [-0.2, -0.15) is 17.6 Å². The van der Waals surface area contributed by atoms with Gasteiger partial charge in [0.15, 0.2) is 23.3 Å². The van der Waals surface area contributed by atoms with Gasteiger partial charge in [0.1, 0.15) is 0 Å². The Kier molecular flexibility index (Phi) is 5.65. The first-order valence-electron chi connectivity index (χ1n) is 4.51. The minimum absolute atomic E-state index is 0.500. The van der Waals surface area contributed by atoms with Crippen LogP contribution in [0.4, 0.5) is 17.6 Å². The van der Waals surface area contributed by atoms with Crippen LogP contribution < -0.4 is 0 Å². The fourth-order valence-corrected chi connectivity index (χ4v) is 0.810. The number of carbonyl (C=O) groups is 2. The maximum absolute atomic E-state index is 12.9. The number of hydrogen-bond acceptors (Lipinski definition) is 7. The van der Waals surface area contributed by atoms with Crippen LogP contribution in [-0.2, 0) is 29.2 Å². The molecule has 7 nitrogen and oxygen atoms in total. The molecule has 0 aromatic heterocycles. The minimum atomic E-state index is -6.18. The molecule has 0 rings (SSSR count). The number of hydrogen-bond donors (Lipinski definition) is 0. The Morgan fingerprint density at radius 1 is 1.15 bits per heavy atom. The van der Waals surface area contributed by atoms with Crippen LogP contribution in [0, 0.1) is 0 Å². The van der Waals surface area contributed by atoms with E-state index in [1.807, 2.05) is 0 Å². The molecule has 0 N–H and O–H groups in total. The second-order valence-corrected chi connectivity index (χ2v) is 4.69. The highest BCUT2D eigenvalue weighted by atomic mass is 32.2. The number of carbonyl (C=O) groups excluding carboxylic acids is 2. The first-order valence-corrected chi connectivity index (χ1v) is 5.92. The summed E-state index contributed by atoms with van der Waals surface area (Å²) in [6, 6.07) is 0. The van der Waals surface area contributed by atoms with Gasteiger partial charge in [0.05, 0.1) is 0 Å². The van der Waals surface area contributed by atoms with Crippen molar-refractivity contribution in [2.24, 2.45) is 0 Å². The number of esters is 2. The molecule has 116 valence electrons. The average molecular weight is 323 g/mol. The summed E-state index contributed by atoms with van der Waals surface area (Å²) >= 11 is 0. The summed E-state index contributed by atoms with van der Waals surface area (Å²) in [4.78, 5) is 21.2. The highest BCUT2D eigenvalue weighted by Gasteiger charge is 2.46. The van der Waals surface area contributed by atoms with Crippen molar-refractivity contribution in [3.63, 3.8) is 0 Å². The van der Waals surface area contributed by atoms with Gasteiger partial charge in [-0.15, -0.1) is 0 Å². The molecular weight excluding hydrogens is 316 g/mol. The van der Waals surface area contributed by atoms with Crippen LogP contribution >= 0.6 is 0 Å². The molecule has 0 radical (unpaired) electrons. The molecule has 0 spiro atoms. The second kappa shape index (κ2) is 6.17. The quantitative estimate of drug-likeness (QED) is 0.281. The predicted octanol–water partition coefficient (Wildman–Crippen LogP) is 0.0321. The third-order valence-corrected chi connectivity index (χ3v) is 2.45. The van der Waals surface area contributed by atoms with Crippen LogP contribution in [0.15, 0.2) is 12.7 Å². The summed E-state index contributed by atoms with van der Waals surface area (Å²) in [7, 11) is -6.18. The van der Waals surface area contributed by atoms with Crippen molar-refractivity contribution in [1.82, 2.24) is 0 Å². The number of ether oxygens (including phenoxy) is 2. The molecule has 0 fully saturated rings. The van der Waals surface area contributed by atoms with Crippen molar-refractivity contribution in [3.8, 4) is 0 Å². The summed E-state index contributed by atoms with van der Waals surface area (Å²) in [5.74, 6) is -8.40. The summed E-state index contributed by atoms with van der Waals surface area (Å²) in [5.41, 5.74) is 0. The van der Waals surface area contributed by atoms with E-state index in [0.29, 0.717) is 6.08 Å². The summed E-state index contributed by atoms with van der Waals surface area (Å²) in [5, 5.41) is -5.06. The lowest BCUT2D eigenvalue weighted by atomic mass is 10.3. The molecule has 0 amide bonds. The predicted molar refractivity (Wildman–Crippen MR) is 51.7 cm³/mol. The molecule has 20 heavy (non-hydrogen) atoms. The van der Waals surface area contributed by atoms with E-state index >= 15 is 0 Å². The molecule has 0 heterocycles. The third kappa shape index (κ3) is 5.13. The Morgan fingerprint density at radius 2 is 1.65 bits per heavy atom. The third-order valence-electron chi connectivity index (χ3n) is 1.60. The zero-order valence-corrected chi connectivity index (χ0v) is 10.3. The molecule has 0 bridgehead atoms. The van der Waals surface area contributed by atoms with Gasteiger partial charge in [-0.05, 0) is 0 Å². The van der Waals surface area contributed by atoms with Gasteiger partial charge in [0.25, 0.3) is 0 Å². The number of halogens is 4. The highest BCUT2D eigenvalue weighted by Crippen LogP contribution is 2.23. The first kappa shape index (κ1) is 18.3. The van der Waals surface area contributed by atoms with Gasteiger partial charge in [-0.1, -0.05) is 6.58 Å². The van der Waals surface area contributed by atoms with Gasteiger partial charge in [-0.3, -0.25) is 0 Å². The van der Waals surface area contributed by atoms with E-state index in [4.69, 9.17) is 0 Å². The molecule has 0 unspecified atom stereocenters. The summed E-state index contributed by atoms with van der Waals surface area (Å²) in [6.07, 6.45) is 0.500. The van der Waals surface area contributed by atoms with E-state index in [9.17, 15) is 40.1 Å². The fraction of sp³-hybridized carbons (Fsp3) is 0.500. The van der Waals surface area contributed by atoms with Crippen LogP contribution in [0.25, 0.3) is 0 Å². The molecule has 0 saturated carbocycles. The maximum Gasteiger partial charge on any atom is 0.381 e. The zero-order chi connectivity index (χ0) is 16.2. The molecule has 0 aromatic rings. The van der Waals surface area contributed by atoms with E-state index in [-0.39, 0.29) is 0 Å². The number of alkyl halides is 4. The lowest BCUT2D eigenvalue weighted by molar-refractivity contribution is -0.186. The van der Waals surface area contributed by atoms with Gasteiger partial charge in [0, 0.05) is 6.08 Å². The van der Waals surface area contributed by atoms with Crippen molar-refractivity contribution in [2.45, 2.75) is 11.2 Å². The SMILES string of the molecule is C=CC(=O)OCC(F)(F)C(=O)OCC(F)(F)S(=O)(=O)[O-]. The van der Waals surface area contributed by atoms with E-state index in [1.165, 1.54) is 0 Å². The molecule has 12 heteroatoms. The minimum Gasteiger partial charge on any atom is -0.743 e. The molecule has 0 atom stereocenters. The van der Waals surface area contributed by atoms with Crippen LogP contribution in [0.2, 0.25) is 0 Å². The van der Waals surface area contributed by atoms with Crippen molar-refractivity contribution < 1.29 is 49.6 Å². The highest BCUT2D eigenvalue weighted by molar-refractivity contribution is 7.86. The van der Waals surface area contributed by atoms with Gasteiger partial charge in [0.2, 0.25) is 0 Å². The molecule has 0 saturated heterocycles. The fourth-order valence-electron chi connectivity index (χ4n) is 0.607. The van der Waals surface area contributed by atoms with Crippen molar-refractivity contribution in [1.29, 1.82) is 0 Å². The van der Waals surface area contributed by atoms with Gasteiger partial charge < -0.3 is 14.0 Å². The molecule has 0 aromatic carbocycles. The average Bonchev–Trinajstić information content (AvgIpc) is 2.31. The van der Waals surface area contributed by atoms with E-state index in [2.05, 4.69) is 16.1 Å². The van der Waals surface area contributed by atoms with Crippen LogP contribution in [0.3, 0.4) is 0 Å². The lowest BCUT2D eigenvalue weighted by Crippen LogP contribution is -2.41. The van der Waals surface area contributed by atoms with Crippen LogP contribution in [0.5, 0.6) is 0 Å². The maximum atomic E-state index is 12.9. The van der Waals surface area contributed by atoms with Crippen molar-refractivity contribution in [3.05, 3.63) is 12.7 Å². The van der Waals surface area contributed by atoms with Crippen LogP contribution in [-0.4, -0.2) is 49.3 Å². The van der Waals surface area contributed by atoms with Crippen molar-refractivity contribution >= 4 is 22.1 Å². The van der Waals surface area contributed by atoms with E-state index < -0.39 is 46.4 Å². The van der Waals surface area contributed by atoms with Crippen LogP contribution in [0.1, 0.15) is 0 Å². The van der Waals surface area contributed by atoms with Gasteiger partial charge >= 0.3 is 23.1 Å². The molecule has 0 aliphatic heterocycles. The largest absolute Gasteiger partial charge is 0.743 e. The Labute approximate surface area is 109 Å². The molecular formula is C8H7F4O7S-. The Balaban J connectivity index is 4.61. The Bertz CT molecular complexity index is 499. The van der Waals surface area contributed by atoms with Crippen molar-refractivity contribution in [2.75, 3.05) is 13.2 Å². The topological polar surface area (TPSA) is 110 Å². The summed E-state index contributed by atoms with van der Waals surface area (Å²) < 4.78 is 88.1. The number of rotatable bonds is 7. The molecule has 0 aliphatic rings. The Morgan fingerprint density at radius 3 is 2.05 bits per heavy atom. The van der Waals surface area contributed by atoms with E-state index in [0.717, 1.165) is 0 Å². The normalized spacial score (nSPS) is 12.7. The standard InChI is InChI=1S/C8H8F4O7S/c1-2-5(13)18-3-7(9,10)6(14)19-4-8(11,12)20(15,16)17/h2H,1,3-4H2,(H,15,16,17)/p-1. The second-order valence-electron chi connectivity index (χ2n) is 3.18. The first-order chi connectivity index (χ1) is 8.83. The van der Waals surface area contributed by atoms with E-state index in [1.54, 1.807) is 0 Å². The Hall–Kier alpha value is -1.69.